The molecule has 0 aromatic rings. The summed E-state index contributed by atoms with van der Waals surface area (Å²) < 4.78 is 5.63. The molecule has 19 heavy (non-hydrogen) atoms. The Morgan fingerprint density at radius 3 is 2.74 bits per heavy atom. The Hall–Kier alpha value is -1.16. The molecular formula is C13H22N4O2. The van der Waals surface area contributed by atoms with E-state index in [0.717, 1.165) is 13.1 Å². The van der Waals surface area contributed by atoms with Gasteiger partial charge in [-0.25, -0.2) is 0 Å². The lowest BCUT2D eigenvalue weighted by Crippen LogP contribution is -2.56. The maximum atomic E-state index is 12.3. The zero-order valence-corrected chi connectivity index (χ0v) is 11.6. The molecule has 0 aromatic carbocycles. The van der Waals surface area contributed by atoms with E-state index in [1.54, 1.807) is 0 Å². The molecule has 1 N–H and O–H groups in total. The number of rotatable bonds is 2. The molecule has 6 nitrogen and oxygen atoms in total. The molecule has 2 saturated heterocycles. The zero-order chi connectivity index (χ0) is 13.8. The van der Waals surface area contributed by atoms with Gasteiger partial charge in [-0.1, -0.05) is 0 Å². The Balaban J connectivity index is 1.91. The van der Waals surface area contributed by atoms with Crippen LogP contribution in [-0.2, 0) is 9.53 Å². The van der Waals surface area contributed by atoms with Crippen molar-refractivity contribution in [1.29, 1.82) is 5.26 Å². The second kappa shape index (κ2) is 6.33. The highest BCUT2D eigenvalue weighted by molar-refractivity contribution is 5.78. The predicted molar refractivity (Wildman–Crippen MR) is 70.4 cm³/mol. The van der Waals surface area contributed by atoms with Crippen LogP contribution in [-0.4, -0.2) is 73.2 Å². The summed E-state index contributed by atoms with van der Waals surface area (Å²) in [6.07, 6.45) is 0.171. The van der Waals surface area contributed by atoms with Crippen molar-refractivity contribution in [1.82, 2.24) is 15.1 Å². The number of nitrogens with zero attached hydrogens (tertiary/aromatic N) is 3. The first kappa shape index (κ1) is 14.3. The summed E-state index contributed by atoms with van der Waals surface area (Å²) in [7, 11) is 0. The number of hydrogen-bond acceptors (Lipinski definition) is 5. The molecule has 6 heteroatoms. The largest absolute Gasteiger partial charge is 0.372 e. The van der Waals surface area contributed by atoms with E-state index in [4.69, 9.17) is 10.00 Å². The minimum absolute atomic E-state index is 0.0856. The summed E-state index contributed by atoms with van der Waals surface area (Å²) in [6, 6.07) is 2.05. The van der Waals surface area contributed by atoms with Gasteiger partial charge < -0.3 is 15.0 Å². The van der Waals surface area contributed by atoms with Gasteiger partial charge in [0, 0.05) is 32.7 Å². The normalized spacial score (nSPS) is 32.9. The summed E-state index contributed by atoms with van der Waals surface area (Å²) in [5, 5.41) is 12.3. The number of morpholine rings is 1. The van der Waals surface area contributed by atoms with Crippen molar-refractivity contribution >= 4 is 5.91 Å². The summed E-state index contributed by atoms with van der Waals surface area (Å²) in [6.45, 7) is 7.82. The molecule has 2 rings (SSSR count). The van der Waals surface area contributed by atoms with Crippen molar-refractivity contribution in [3.8, 4) is 6.07 Å². The Kier molecular flexibility index (Phi) is 4.75. The van der Waals surface area contributed by atoms with Crippen molar-refractivity contribution in [3.05, 3.63) is 0 Å². The van der Waals surface area contributed by atoms with Crippen LogP contribution in [0.15, 0.2) is 0 Å². The molecule has 3 atom stereocenters. The Bertz CT molecular complexity index is 358. The first-order valence-corrected chi connectivity index (χ1v) is 6.87. The van der Waals surface area contributed by atoms with E-state index in [2.05, 4.69) is 11.4 Å². The first-order chi connectivity index (χ1) is 9.10. The summed E-state index contributed by atoms with van der Waals surface area (Å²) in [5.74, 6) is 0.101. The van der Waals surface area contributed by atoms with Gasteiger partial charge in [0.25, 0.3) is 0 Å². The summed E-state index contributed by atoms with van der Waals surface area (Å²) in [4.78, 5) is 16.1. The number of piperazine rings is 1. The molecule has 2 aliphatic rings. The molecule has 1 amide bonds. The number of amides is 1. The van der Waals surface area contributed by atoms with Crippen LogP contribution in [0.4, 0.5) is 0 Å². The van der Waals surface area contributed by atoms with Crippen molar-refractivity contribution in [2.24, 2.45) is 0 Å². The monoisotopic (exact) mass is 266 g/mol. The maximum Gasteiger partial charge on any atom is 0.236 e. The van der Waals surface area contributed by atoms with Crippen molar-refractivity contribution in [3.63, 3.8) is 0 Å². The minimum atomic E-state index is -0.200. The van der Waals surface area contributed by atoms with Crippen molar-refractivity contribution in [2.45, 2.75) is 32.1 Å². The van der Waals surface area contributed by atoms with Gasteiger partial charge in [-0.15, -0.1) is 0 Å². The minimum Gasteiger partial charge on any atom is -0.372 e. The molecule has 2 heterocycles. The molecular weight excluding hydrogens is 244 g/mol. The Labute approximate surface area is 114 Å². The van der Waals surface area contributed by atoms with E-state index < -0.39 is 0 Å². The van der Waals surface area contributed by atoms with E-state index in [1.165, 1.54) is 0 Å². The maximum absolute atomic E-state index is 12.3. The molecule has 0 aromatic heterocycles. The third kappa shape index (κ3) is 3.66. The quantitative estimate of drug-likeness (QED) is 0.724. The van der Waals surface area contributed by atoms with Crippen LogP contribution < -0.4 is 5.32 Å². The van der Waals surface area contributed by atoms with Crippen LogP contribution >= 0.6 is 0 Å². The average Bonchev–Trinajstić information content (AvgIpc) is 2.38. The highest BCUT2D eigenvalue weighted by Gasteiger charge is 2.29. The first-order valence-electron chi connectivity index (χ1n) is 6.87. The zero-order valence-electron chi connectivity index (χ0n) is 11.6. The van der Waals surface area contributed by atoms with Gasteiger partial charge in [-0.05, 0) is 13.8 Å². The molecule has 0 radical (unpaired) electrons. The van der Waals surface area contributed by atoms with Crippen LogP contribution in [0.5, 0.6) is 0 Å². The highest BCUT2D eigenvalue weighted by Crippen LogP contribution is 2.12. The van der Waals surface area contributed by atoms with E-state index in [1.807, 2.05) is 23.6 Å². The van der Waals surface area contributed by atoms with Gasteiger partial charge >= 0.3 is 0 Å². The lowest BCUT2D eigenvalue weighted by atomic mass is 10.2. The molecule has 2 aliphatic heterocycles. The van der Waals surface area contributed by atoms with Crippen LogP contribution in [0, 0.1) is 11.3 Å². The molecule has 2 fully saturated rings. The van der Waals surface area contributed by atoms with Gasteiger partial charge in [0.1, 0.15) is 6.04 Å². The molecule has 106 valence electrons. The lowest BCUT2D eigenvalue weighted by Gasteiger charge is -2.38. The summed E-state index contributed by atoms with van der Waals surface area (Å²) >= 11 is 0. The Morgan fingerprint density at radius 1 is 1.42 bits per heavy atom. The Morgan fingerprint density at radius 2 is 2.11 bits per heavy atom. The SMILES string of the molecule is CC1CN(C(=O)CN2CCNCC2C#N)CC(C)O1. The van der Waals surface area contributed by atoms with E-state index in [0.29, 0.717) is 26.2 Å². The van der Waals surface area contributed by atoms with Crippen molar-refractivity contribution in [2.75, 3.05) is 39.3 Å². The van der Waals surface area contributed by atoms with Crippen LogP contribution in [0.3, 0.4) is 0 Å². The predicted octanol–water partition coefficient (Wildman–Crippen LogP) is -0.580. The second-order valence-corrected chi connectivity index (χ2v) is 5.38. The van der Waals surface area contributed by atoms with Gasteiger partial charge in [-0.2, -0.15) is 5.26 Å². The number of nitriles is 1. The van der Waals surface area contributed by atoms with E-state index >= 15 is 0 Å². The fraction of sp³-hybridized carbons (Fsp3) is 0.846. The van der Waals surface area contributed by atoms with Gasteiger partial charge in [0.2, 0.25) is 5.91 Å². The lowest BCUT2D eigenvalue weighted by molar-refractivity contribution is -0.144. The average molecular weight is 266 g/mol. The molecule has 3 unspecified atom stereocenters. The van der Waals surface area contributed by atoms with E-state index in [-0.39, 0.29) is 24.2 Å². The third-order valence-electron chi connectivity index (χ3n) is 3.61. The van der Waals surface area contributed by atoms with Gasteiger partial charge in [0.15, 0.2) is 0 Å². The summed E-state index contributed by atoms with van der Waals surface area (Å²) in [5.41, 5.74) is 0. The number of carbonyl (C=O) groups is 1. The van der Waals surface area contributed by atoms with E-state index in [9.17, 15) is 4.79 Å². The van der Waals surface area contributed by atoms with Crippen molar-refractivity contribution < 1.29 is 9.53 Å². The number of hydrogen-bond donors (Lipinski definition) is 1. The van der Waals surface area contributed by atoms with Crippen LogP contribution in [0.2, 0.25) is 0 Å². The number of nitrogens with one attached hydrogen (secondary N) is 1. The number of carbonyl (C=O) groups excluding carboxylic acids is 1. The fourth-order valence-corrected chi connectivity index (χ4v) is 2.72. The standard InChI is InChI=1S/C13H22N4O2/c1-10-7-17(8-11(2)19-10)13(18)9-16-4-3-15-6-12(16)5-14/h10-12,15H,3-4,6-9H2,1-2H3. The molecule has 0 bridgehead atoms. The molecule has 0 spiro atoms. The molecule has 0 aliphatic carbocycles. The van der Waals surface area contributed by atoms with Crippen LogP contribution in [0.1, 0.15) is 13.8 Å². The van der Waals surface area contributed by atoms with Crippen LogP contribution in [0.25, 0.3) is 0 Å². The number of ether oxygens (including phenoxy) is 1. The van der Waals surface area contributed by atoms with Gasteiger partial charge in [-0.3, -0.25) is 9.69 Å². The third-order valence-corrected chi connectivity index (χ3v) is 3.61. The molecule has 0 saturated carbocycles. The van der Waals surface area contributed by atoms with Gasteiger partial charge in [0.05, 0.1) is 24.8 Å². The second-order valence-electron chi connectivity index (χ2n) is 5.38. The fourth-order valence-electron chi connectivity index (χ4n) is 2.72. The highest BCUT2D eigenvalue weighted by atomic mass is 16.5. The topological polar surface area (TPSA) is 68.6 Å². The smallest absolute Gasteiger partial charge is 0.236 e.